The number of hydrogen-bond acceptors (Lipinski definition) is 2. The molecule has 1 aliphatic rings. The zero-order chi connectivity index (χ0) is 9.97. The van der Waals surface area contributed by atoms with E-state index in [2.05, 4.69) is 12.6 Å². The highest BCUT2D eigenvalue weighted by atomic mass is 16.5. The molecule has 1 heterocycles. The zero-order valence-corrected chi connectivity index (χ0v) is 7.92. The molecule has 0 spiro atoms. The lowest BCUT2D eigenvalue weighted by atomic mass is 10.0. The Hall–Kier alpha value is -1.75. The molecule has 0 unspecified atom stereocenters. The Balaban J connectivity index is 2.39. The number of nitriles is 1. The third-order valence-electron chi connectivity index (χ3n) is 2.39. The van der Waals surface area contributed by atoms with Gasteiger partial charge in [-0.2, -0.15) is 5.26 Å². The second-order valence-electron chi connectivity index (χ2n) is 3.36. The Morgan fingerprint density at radius 1 is 1.50 bits per heavy atom. The Morgan fingerprint density at radius 2 is 2.36 bits per heavy atom. The van der Waals surface area contributed by atoms with Gasteiger partial charge in [-0.15, -0.1) is 0 Å². The van der Waals surface area contributed by atoms with Crippen molar-refractivity contribution in [3.05, 3.63) is 35.9 Å². The molecule has 1 aromatic rings. The summed E-state index contributed by atoms with van der Waals surface area (Å²) in [4.78, 5) is 0. The number of ether oxygens (including phenoxy) is 1. The average Bonchev–Trinajstić information content (AvgIpc) is 2.27. The van der Waals surface area contributed by atoms with E-state index in [9.17, 15) is 0 Å². The first-order chi connectivity index (χ1) is 6.81. The summed E-state index contributed by atoms with van der Waals surface area (Å²) in [6, 6.07) is 7.86. The van der Waals surface area contributed by atoms with Crippen molar-refractivity contribution in [2.75, 3.05) is 6.61 Å². The second kappa shape index (κ2) is 3.55. The smallest absolute Gasteiger partial charge is 0.122 e. The molecule has 0 radical (unpaired) electrons. The van der Waals surface area contributed by atoms with Gasteiger partial charge in [0.25, 0.3) is 0 Å². The van der Waals surface area contributed by atoms with Crippen LogP contribution in [0.1, 0.15) is 17.5 Å². The molecular weight excluding hydrogens is 174 g/mol. The van der Waals surface area contributed by atoms with Gasteiger partial charge in [0.15, 0.2) is 0 Å². The fourth-order valence-electron chi connectivity index (χ4n) is 1.61. The highest BCUT2D eigenvalue weighted by molar-refractivity contribution is 5.75. The van der Waals surface area contributed by atoms with Crippen LogP contribution in [0.4, 0.5) is 0 Å². The number of fused-ring (bicyclic) bond motifs is 1. The molecule has 0 bridgehead atoms. The lowest BCUT2D eigenvalue weighted by Gasteiger charge is -2.17. The lowest BCUT2D eigenvalue weighted by molar-refractivity contribution is 0.288. The van der Waals surface area contributed by atoms with Gasteiger partial charge in [0.2, 0.25) is 0 Å². The van der Waals surface area contributed by atoms with Gasteiger partial charge >= 0.3 is 0 Å². The minimum atomic E-state index is 0.512. The molecule has 0 aromatic heterocycles. The summed E-state index contributed by atoms with van der Waals surface area (Å²) in [6.45, 7) is 4.49. The van der Waals surface area contributed by atoms with Crippen molar-refractivity contribution in [3.63, 3.8) is 0 Å². The molecule has 2 rings (SSSR count). The molecule has 14 heavy (non-hydrogen) atoms. The van der Waals surface area contributed by atoms with E-state index in [0.717, 1.165) is 30.8 Å². The van der Waals surface area contributed by atoms with Crippen molar-refractivity contribution in [3.8, 4) is 11.8 Å². The van der Waals surface area contributed by atoms with Crippen LogP contribution in [0.2, 0.25) is 0 Å². The van der Waals surface area contributed by atoms with E-state index in [1.165, 1.54) is 5.56 Å². The summed E-state index contributed by atoms with van der Waals surface area (Å²) in [7, 11) is 0. The van der Waals surface area contributed by atoms with Gasteiger partial charge in [0, 0.05) is 0 Å². The Bertz CT molecular complexity index is 415. The van der Waals surface area contributed by atoms with Gasteiger partial charge in [0.05, 0.1) is 18.2 Å². The van der Waals surface area contributed by atoms with Gasteiger partial charge in [-0.05, 0) is 42.2 Å². The fraction of sp³-hybridized carbons (Fsp3) is 0.250. The number of benzene rings is 1. The summed E-state index contributed by atoms with van der Waals surface area (Å²) in [6.07, 6.45) is 2.08. The van der Waals surface area contributed by atoms with Crippen LogP contribution >= 0.6 is 0 Å². The van der Waals surface area contributed by atoms with Crippen molar-refractivity contribution in [1.82, 2.24) is 0 Å². The van der Waals surface area contributed by atoms with Crippen LogP contribution in [0.5, 0.6) is 5.75 Å². The number of aryl methyl sites for hydroxylation is 1. The maximum atomic E-state index is 8.71. The number of rotatable bonds is 1. The van der Waals surface area contributed by atoms with Crippen molar-refractivity contribution in [1.29, 1.82) is 5.26 Å². The first-order valence-corrected chi connectivity index (χ1v) is 4.66. The van der Waals surface area contributed by atoms with Gasteiger partial charge in [-0.1, -0.05) is 6.58 Å². The number of allylic oxidation sites excluding steroid dienone is 1. The summed E-state index contributed by atoms with van der Waals surface area (Å²) < 4.78 is 5.48. The predicted molar refractivity (Wildman–Crippen MR) is 54.9 cm³/mol. The molecule has 1 aromatic carbocycles. The van der Waals surface area contributed by atoms with Crippen LogP contribution in [-0.4, -0.2) is 6.61 Å². The quantitative estimate of drug-likeness (QED) is 0.630. The Morgan fingerprint density at radius 3 is 3.14 bits per heavy atom. The highest BCUT2D eigenvalue weighted by Crippen LogP contribution is 2.27. The van der Waals surface area contributed by atoms with E-state index in [0.29, 0.717) is 5.57 Å². The van der Waals surface area contributed by atoms with Crippen molar-refractivity contribution >= 4 is 5.57 Å². The molecule has 0 fully saturated rings. The predicted octanol–water partition coefficient (Wildman–Crippen LogP) is 2.55. The van der Waals surface area contributed by atoms with E-state index in [4.69, 9.17) is 10.00 Å². The second-order valence-corrected chi connectivity index (χ2v) is 3.36. The van der Waals surface area contributed by atoms with E-state index < -0.39 is 0 Å². The molecule has 2 heteroatoms. The topological polar surface area (TPSA) is 33.0 Å². The fourth-order valence-corrected chi connectivity index (χ4v) is 1.61. The van der Waals surface area contributed by atoms with E-state index in [-0.39, 0.29) is 0 Å². The average molecular weight is 185 g/mol. The van der Waals surface area contributed by atoms with Crippen molar-refractivity contribution in [2.24, 2.45) is 0 Å². The molecular formula is C12H11NO. The largest absolute Gasteiger partial charge is 0.493 e. The van der Waals surface area contributed by atoms with Crippen LogP contribution < -0.4 is 4.74 Å². The SMILES string of the molecule is C=C(C#N)c1ccc2c(c1)CCCO2. The van der Waals surface area contributed by atoms with Crippen LogP contribution in [0.15, 0.2) is 24.8 Å². The van der Waals surface area contributed by atoms with Gasteiger partial charge < -0.3 is 4.74 Å². The van der Waals surface area contributed by atoms with E-state index >= 15 is 0 Å². The molecule has 0 saturated heterocycles. The van der Waals surface area contributed by atoms with Gasteiger partial charge in [-0.3, -0.25) is 0 Å². The molecule has 2 nitrogen and oxygen atoms in total. The van der Waals surface area contributed by atoms with Gasteiger partial charge in [0.1, 0.15) is 5.75 Å². The minimum absolute atomic E-state index is 0.512. The number of nitrogens with zero attached hydrogens (tertiary/aromatic N) is 1. The van der Waals surface area contributed by atoms with Crippen LogP contribution in [0, 0.1) is 11.3 Å². The highest BCUT2D eigenvalue weighted by Gasteiger charge is 2.10. The standard InChI is InChI=1S/C12H11NO/c1-9(8-13)10-4-5-12-11(7-10)3-2-6-14-12/h4-5,7H,1-3,6H2. The third-order valence-corrected chi connectivity index (χ3v) is 2.39. The first-order valence-electron chi connectivity index (χ1n) is 4.66. The van der Waals surface area contributed by atoms with E-state index in [1.54, 1.807) is 0 Å². The molecule has 70 valence electrons. The van der Waals surface area contributed by atoms with E-state index in [1.807, 2.05) is 18.2 Å². The summed E-state index contributed by atoms with van der Waals surface area (Å²) in [5.74, 6) is 0.950. The Kier molecular flexibility index (Phi) is 2.24. The maximum Gasteiger partial charge on any atom is 0.122 e. The summed E-state index contributed by atoms with van der Waals surface area (Å²) >= 11 is 0. The molecule has 0 aliphatic carbocycles. The minimum Gasteiger partial charge on any atom is -0.493 e. The molecule has 0 amide bonds. The summed E-state index contributed by atoms with van der Waals surface area (Å²) in [5, 5.41) is 8.71. The molecule has 0 atom stereocenters. The Labute approximate surface area is 83.4 Å². The maximum absolute atomic E-state index is 8.71. The normalized spacial score (nSPS) is 13.6. The summed E-state index contributed by atoms with van der Waals surface area (Å²) in [5.41, 5.74) is 2.60. The molecule has 0 N–H and O–H groups in total. The first kappa shape index (κ1) is 8.83. The van der Waals surface area contributed by atoms with Crippen LogP contribution in [0.25, 0.3) is 5.57 Å². The number of hydrogen-bond donors (Lipinski definition) is 0. The lowest BCUT2D eigenvalue weighted by Crippen LogP contribution is -2.08. The molecule has 0 saturated carbocycles. The molecule has 1 aliphatic heterocycles. The van der Waals surface area contributed by atoms with Crippen LogP contribution in [-0.2, 0) is 6.42 Å². The van der Waals surface area contributed by atoms with Crippen molar-refractivity contribution in [2.45, 2.75) is 12.8 Å². The van der Waals surface area contributed by atoms with Gasteiger partial charge in [-0.25, -0.2) is 0 Å². The third kappa shape index (κ3) is 1.49. The monoisotopic (exact) mass is 185 g/mol. The van der Waals surface area contributed by atoms with Crippen molar-refractivity contribution < 1.29 is 4.74 Å². The van der Waals surface area contributed by atoms with Crippen LogP contribution in [0.3, 0.4) is 0 Å². The zero-order valence-electron chi connectivity index (χ0n) is 7.92.